The van der Waals surface area contributed by atoms with E-state index in [0.29, 0.717) is 0 Å². The third kappa shape index (κ3) is 2.05. The first-order valence-corrected chi connectivity index (χ1v) is 4.07. The zero-order valence-electron chi connectivity index (χ0n) is 7.09. The van der Waals surface area contributed by atoms with E-state index in [2.05, 4.69) is 27.8 Å². The quantitative estimate of drug-likeness (QED) is 0.755. The van der Waals surface area contributed by atoms with Gasteiger partial charge >= 0.3 is 0 Å². The summed E-state index contributed by atoms with van der Waals surface area (Å²) in [4.78, 5) is 0. The molecule has 0 aliphatic heterocycles. The topological polar surface area (TPSA) is 42.7 Å². The summed E-state index contributed by atoms with van der Waals surface area (Å²) in [6.07, 6.45) is 3.26. The van der Waals surface area contributed by atoms with Gasteiger partial charge in [-0.3, -0.25) is 0 Å². The van der Waals surface area contributed by atoms with E-state index in [0.717, 1.165) is 6.54 Å². The van der Waals surface area contributed by atoms with Crippen LogP contribution in [0.25, 0.3) is 0 Å². The maximum absolute atomic E-state index is 3.68. The Balaban J connectivity index is 1.94. The average Bonchev–Trinajstić information content (AvgIpc) is 2.69. The van der Waals surface area contributed by atoms with Gasteiger partial charge in [0.2, 0.25) is 0 Å². The first-order chi connectivity index (χ1) is 6.45. The predicted molar refractivity (Wildman–Crippen MR) is 49.5 cm³/mol. The molecular weight excluding hydrogens is 164 g/mol. The molecule has 0 unspecified atom stereocenters. The summed E-state index contributed by atoms with van der Waals surface area (Å²) < 4.78 is 1.73. The van der Waals surface area contributed by atoms with Crippen LogP contribution < -0.4 is 5.43 Å². The highest BCUT2D eigenvalue weighted by Gasteiger charge is 1.90. The highest BCUT2D eigenvalue weighted by atomic mass is 15.5. The van der Waals surface area contributed by atoms with E-state index in [1.807, 2.05) is 18.2 Å². The summed E-state index contributed by atoms with van der Waals surface area (Å²) in [6.45, 7) is 0.777. The molecule has 4 nitrogen and oxygen atoms in total. The van der Waals surface area contributed by atoms with Gasteiger partial charge in [0, 0.05) is 0 Å². The molecule has 1 aromatic carbocycles. The molecule has 0 bridgehead atoms. The lowest BCUT2D eigenvalue weighted by atomic mass is 10.2. The maximum Gasteiger partial charge on any atom is 0.138 e. The zero-order chi connectivity index (χ0) is 8.93. The minimum Gasteiger partial charge on any atom is -0.319 e. The molecule has 0 amide bonds. The lowest BCUT2D eigenvalue weighted by molar-refractivity contribution is 0.836. The van der Waals surface area contributed by atoms with Gasteiger partial charge in [-0.15, -0.1) is 10.2 Å². The Hall–Kier alpha value is -1.84. The van der Waals surface area contributed by atoms with Crippen molar-refractivity contribution >= 4 is 0 Å². The van der Waals surface area contributed by atoms with Gasteiger partial charge in [0.15, 0.2) is 0 Å². The van der Waals surface area contributed by atoms with Crippen molar-refractivity contribution < 1.29 is 0 Å². The number of rotatable bonds is 3. The molecule has 13 heavy (non-hydrogen) atoms. The lowest BCUT2D eigenvalue weighted by Gasteiger charge is -2.04. The van der Waals surface area contributed by atoms with Crippen LogP contribution in [0.5, 0.6) is 0 Å². The number of aromatic nitrogens is 3. The minimum absolute atomic E-state index is 0.777. The van der Waals surface area contributed by atoms with Crippen LogP contribution in [0.15, 0.2) is 43.0 Å². The Morgan fingerprint density at radius 2 is 1.77 bits per heavy atom. The van der Waals surface area contributed by atoms with Crippen LogP contribution in [0, 0.1) is 0 Å². The van der Waals surface area contributed by atoms with Crippen molar-refractivity contribution in [3.05, 3.63) is 48.5 Å². The van der Waals surface area contributed by atoms with Gasteiger partial charge in [-0.2, -0.15) is 0 Å². The number of hydrogen-bond donors (Lipinski definition) is 1. The number of benzene rings is 1. The van der Waals surface area contributed by atoms with Gasteiger partial charge in [-0.25, -0.2) is 4.68 Å². The monoisotopic (exact) mass is 174 g/mol. The third-order valence-corrected chi connectivity index (χ3v) is 1.73. The normalized spacial score (nSPS) is 9.85. The second-order valence-electron chi connectivity index (χ2n) is 2.69. The first kappa shape index (κ1) is 7.79. The van der Waals surface area contributed by atoms with Crippen molar-refractivity contribution in [3.8, 4) is 0 Å². The van der Waals surface area contributed by atoms with Crippen LogP contribution in [-0.2, 0) is 6.54 Å². The molecule has 66 valence electrons. The first-order valence-electron chi connectivity index (χ1n) is 4.07. The summed E-state index contributed by atoms with van der Waals surface area (Å²) in [5.74, 6) is 0. The van der Waals surface area contributed by atoms with Gasteiger partial charge in [0.1, 0.15) is 12.7 Å². The second-order valence-corrected chi connectivity index (χ2v) is 2.69. The largest absolute Gasteiger partial charge is 0.319 e. The van der Waals surface area contributed by atoms with Crippen LogP contribution in [-0.4, -0.2) is 14.9 Å². The Morgan fingerprint density at radius 1 is 1.08 bits per heavy atom. The fourth-order valence-electron chi connectivity index (χ4n) is 1.06. The molecule has 0 radical (unpaired) electrons. The van der Waals surface area contributed by atoms with Gasteiger partial charge in [0.25, 0.3) is 0 Å². The summed E-state index contributed by atoms with van der Waals surface area (Å²) in [5, 5.41) is 7.37. The van der Waals surface area contributed by atoms with Crippen LogP contribution in [0.4, 0.5) is 0 Å². The molecule has 1 aromatic heterocycles. The van der Waals surface area contributed by atoms with Crippen molar-refractivity contribution in [3.63, 3.8) is 0 Å². The molecule has 0 fully saturated rings. The minimum atomic E-state index is 0.777. The van der Waals surface area contributed by atoms with Gasteiger partial charge in [0.05, 0.1) is 6.54 Å². The molecule has 1 N–H and O–H groups in total. The van der Waals surface area contributed by atoms with Crippen LogP contribution in [0.2, 0.25) is 0 Å². The Bertz CT molecular complexity index is 341. The molecule has 0 aliphatic carbocycles. The maximum atomic E-state index is 3.68. The van der Waals surface area contributed by atoms with Crippen molar-refractivity contribution in [1.82, 2.24) is 14.9 Å². The molecule has 4 heteroatoms. The molecular formula is C9H10N4. The predicted octanol–water partition coefficient (Wildman–Crippen LogP) is 1.02. The van der Waals surface area contributed by atoms with E-state index in [4.69, 9.17) is 0 Å². The second kappa shape index (κ2) is 3.71. The number of nitrogens with zero attached hydrogens (tertiary/aromatic N) is 3. The molecule has 0 atom stereocenters. The number of nitrogens with one attached hydrogen (secondary N) is 1. The highest BCUT2D eigenvalue weighted by Crippen LogP contribution is 1.97. The standard InChI is InChI=1S/C9H10N4/c1-2-4-9(5-3-1)6-12-13-7-10-11-8-13/h1-5,7-8,12H,6H2. The van der Waals surface area contributed by atoms with E-state index in [1.165, 1.54) is 5.56 Å². The van der Waals surface area contributed by atoms with Crippen molar-refractivity contribution in [2.75, 3.05) is 5.43 Å². The SMILES string of the molecule is c1ccc(CNn2cnnc2)cc1. The van der Waals surface area contributed by atoms with Gasteiger partial charge < -0.3 is 5.43 Å². The molecule has 2 aromatic rings. The molecule has 0 saturated heterocycles. The fraction of sp³-hybridized carbons (Fsp3) is 0.111. The Kier molecular flexibility index (Phi) is 2.22. The van der Waals surface area contributed by atoms with Crippen molar-refractivity contribution in [2.24, 2.45) is 0 Å². The molecule has 2 rings (SSSR count). The van der Waals surface area contributed by atoms with Gasteiger partial charge in [-0.1, -0.05) is 30.3 Å². The van der Waals surface area contributed by atoms with Crippen molar-refractivity contribution in [1.29, 1.82) is 0 Å². The smallest absolute Gasteiger partial charge is 0.138 e. The molecule has 0 spiro atoms. The summed E-state index contributed by atoms with van der Waals surface area (Å²) in [6, 6.07) is 10.2. The summed E-state index contributed by atoms with van der Waals surface area (Å²) in [5.41, 5.74) is 4.37. The zero-order valence-corrected chi connectivity index (χ0v) is 7.09. The van der Waals surface area contributed by atoms with E-state index >= 15 is 0 Å². The summed E-state index contributed by atoms with van der Waals surface area (Å²) >= 11 is 0. The van der Waals surface area contributed by atoms with E-state index in [1.54, 1.807) is 17.3 Å². The Labute approximate surface area is 76.2 Å². The van der Waals surface area contributed by atoms with E-state index in [9.17, 15) is 0 Å². The molecule has 0 aliphatic rings. The van der Waals surface area contributed by atoms with Crippen LogP contribution >= 0.6 is 0 Å². The fourth-order valence-corrected chi connectivity index (χ4v) is 1.06. The average molecular weight is 174 g/mol. The van der Waals surface area contributed by atoms with Crippen LogP contribution in [0.1, 0.15) is 5.56 Å². The van der Waals surface area contributed by atoms with E-state index < -0.39 is 0 Å². The highest BCUT2D eigenvalue weighted by molar-refractivity contribution is 5.15. The van der Waals surface area contributed by atoms with Gasteiger partial charge in [-0.05, 0) is 5.56 Å². The third-order valence-electron chi connectivity index (χ3n) is 1.73. The Morgan fingerprint density at radius 3 is 2.46 bits per heavy atom. The molecule has 0 saturated carbocycles. The number of hydrogen-bond acceptors (Lipinski definition) is 3. The lowest BCUT2D eigenvalue weighted by Crippen LogP contribution is -2.11. The van der Waals surface area contributed by atoms with E-state index in [-0.39, 0.29) is 0 Å². The van der Waals surface area contributed by atoms with Crippen molar-refractivity contribution in [2.45, 2.75) is 6.54 Å². The summed E-state index contributed by atoms with van der Waals surface area (Å²) in [7, 11) is 0. The molecule has 1 heterocycles. The van der Waals surface area contributed by atoms with Crippen LogP contribution in [0.3, 0.4) is 0 Å².